The summed E-state index contributed by atoms with van der Waals surface area (Å²) in [5.41, 5.74) is -0.215. The molecule has 1 heterocycles. The topological polar surface area (TPSA) is 61.9 Å². The quantitative estimate of drug-likeness (QED) is 0.866. The molecule has 1 fully saturated rings. The van der Waals surface area contributed by atoms with E-state index in [1.807, 2.05) is 25.7 Å². The van der Waals surface area contributed by atoms with Crippen molar-refractivity contribution in [3.8, 4) is 5.75 Å². The second-order valence-electron chi connectivity index (χ2n) is 7.24. The predicted molar refractivity (Wildman–Crippen MR) is 94.2 cm³/mol. The van der Waals surface area contributed by atoms with Crippen LogP contribution in [0.25, 0.3) is 0 Å². The van der Waals surface area contributed by atoms with Crippen LogP contribution in [0.2, 0.25) is 0 Å². The van der Waals surface area contributed by atoms with Crippen LogP contribution in [0.1, 0.15) is 20.8 Å². The van der Waals surface area contributed by atoms with Gasteiger partial charge in [-0.15, -0.1) is 0 Å². The molecule has 6 nitrogen and oxygen atoms in total. The molecule has 0 saturated carbocycles. The average molecular weight is 369 g/mol. The van der Waals surface area contributed by atoms with Crippen molar-refractivity contribution in [2.24, 2.45) is 5.41 Å². The maximum Gasteiger partial charge on any atom is 0.387 e. The number of benzene rings is 1. The summed E-state index contributed by atoms with van der Waals surface area (Å²) in [6.45, 7) is 5.12. The van der Waals surface area contributed by atoms with E-state index in [-0.39, 0.29) is 29.8 Å². The zero-order valence-corrected chi connectivity index (χ0v) is 15.3. The first kappa shape index (κ1) is 20.1. The van der Waals surface area contributed by atoms with Gasteiger partial charge < -0.3 is 15.0 Å². The lowest BCUT2D eigenvalue weighted by Gasteiger charge is -2.37. The van der Waals surface area contributed by atoms with Gasteiger partial charge in [0.1, 0.15) is 5.75 Å². The van der Waals surface area contributed by atoms with Crippen molar-refractivity contribution >= 4 is 17.5 Å². The second kappa shape index (κ2) is 8.44. The maximum atomic E-state index is 12.4. The Morgan fingerprint density at radius 1 is 1.15 bits per heavy atom. The van der Waals surface area contributed by atoms with Gasteiger partial charge in [0, 0.05) is 31.6 Å². The van der Waals surface area contributed by atoms with Crippen molar-refractivity contribution in [2.75, 3.05) is 38.0 Å². The highest BCUT2D eigenvalue weighted by Gasteiger charge is 2.30. The summed E-state index contributed by atoms with van der Waals surface area (Å²) < 4.78 is 29.2. The van der Waals surface area contributed by atoms with Crippen molar-refractivity contribution in [1.82, 2.24) is 9.80 Å². The van der Waals surface area contributed by atoms with Gasteiger partial charge >= 0.3 is 6.61 Å². The Bertz CT molecular complexity index is 639. The number of rotatable bonds is 5. The highest BCUT2D eigenvalue weighted by molar-refractivity contribution is 5.93. The van der Waals surface area contributed by atoms with Crippen LogP contribution in [0.5, 0.6) is 5.75 Å². The number of hydrogen-bond acceptors (Lipinski definition) is 4. The minimum Gasteiger partial charge on any atom is -0.433 e. The summed E-state index contributed by atoms with van der Waals surface area (Å²) in [5, 5.41) is 2.60. The van der Waals surface area contributed by atoms with E-state index >= 15 is 0 Å². The predicted octanol–water partition coefficient (Wildman–Crippen LogP) is 2.42. The normalized spacial score (nSPS) is 15.8. The van der Waals surface area contributed by atoms with E-state index in [0.717, 1.165) is 0 Å². The zero-order valence-electron chi connectivity index (χ0n) is 15.3. The third-order valence-corrected chi connectivity index (χ3v) is 4.05. The second-order valence-corrected chi connectivity index (χ2v) is 7.24. The van der Waals surface area contributed by atoms with Crippen LogP contribution >= 0.6 is 0 Å². The summed E-state index contributed by atoms with van der Waals surface area (Å²) >= 11 is 0. The molecule has 0 atom stereocenters. The van der Waals surface area contributed by atoms with Crippen LogP contribution in [-0.4, -0.2) is 60.9 Å². The molecule has 0 aliphatic carbocycles. The van der Waals surface area contributed by atoms with E-state index in [1.165, 1.54) is 12.1 Å². The van der Waals surface area contributed by atoms with Crippen LogP contribution in [0.3, 0.4) is 0 Å². The van der Waals surface area contributed by atoms with Crippen LogP contribution in [0.4, 0.5) is 14.5 Å². The molecular formula is C18H25F2N3O3. The van der Waals surface area contributed by atoms with Gasteiger partial charge in [-0.1, -0.05) is 32.9 Å². The standard InChI is InChI=1S/C18H25F2N3O3/c1-18(2,3)16(25)23-10-8-22(9-11-23)12-15(24)21-13-6-4-5-7-14(13)26-17(19)20/h4-7,17H,8-12H2,1-3H3,(H,21,24). The highest BCUT2D eigenvalue weighted by atomic mass is 19.3. The van der Waals surface area contributed by atoms with E-state index in [0.29, 0.717) is 26.2 Å². The Hall–Kier alpha value is -2.22. The van der Waals surface area contributed by atoms with Gasteiger partial charge in [0.2, 0.25) is 11.8 Å². The van der Waals surface area contributed by atoms with Crippen LogP contribution < -0.4 is 10.1 Å². The fraction of sp³-hybridized carbons (Fsp3) is 0.556. The van der Waals surface area contributed by atoms with Crippen molar-refractivity contribution in [1.29, 1.82) is 0 Å². The molecular weight excluding hydrogens is 344 g/mol. The summed E-state index contributed by atoms with van der Waals surface area (Å²) in [7, 11) is 0. The highest BCUT2D eigenvalue weighted by Crippen LogP contribution is 2.25. The van der Waals surface area contributed by atoms with E-state index in [1.54, 1.807) is 17.0 Å². The molecule has 26 heavy (non-hydrogen) atoms. The first-order valence-corrected chi connectivity index (χ1v) is 8.52. The van der Waals surface area contributed by atoms with Crippen LogP contribution in [-0.2, 0) is 9.59 Å². The molecule has 1 aliphatic rings. The molecule has 2 rings (SSSR count). The van der Waals surface area contributed by atoms with Gasteiger partial charge in [-0.3, -0.25) is 14.5 Å². The van der Waals surface area contributed by atoms with Gasteiger partial charge in [0.05, 0.1) is 12.2 Å². The van der Waals surface area contributed by atoms with Crippen molar-refractivity contribution < 1.29 is 23.1 Å². The number of amides is 2. The monoisotopic (exact) mass is 369 g/mol. The van der Waals surface area contributed by atoms with Gasteiger partial charge in [-0.25, -0.2) is 0 Å². The number of nitrogens with zero attached hydrogens (tertiary/aromatic N) is 2. The molecule has 0 bridgehead atoms. The van der Waals surface area contributed by atoms with Crippen LogP contribution in [0, 0.1) is 5.41 Å². The minimum atomic E-state index is -2.96. The molecule has 1 aromatic carbocycles. The fourth-order valence-corrected chi connectivity index (χ4v) is 2.74. The summed E-state index contributed by atoms with van der Waals surface area (Å²) in [5.74, 6) is -0.290. The van der Waals surface area contributed by atoms with Gasteiger partial charge in [-0.05, 0) is 12.1 Å². The lowest BCUT2D eigenvalue weighted by atomic mass is 9.94. The third-order valence-electron chi connectivity index (χ3n) is 4.05. The Morgan fingerprint density at radius 3 is 2.35 bits per heavy atom. The number of piperazine rings is 1. The van der Waals surface area contributed by atoms with Crippen LogP contribution in [0.15, 0.2) is 24.3 Å². The Balaban J connectivity index is 1.86. The number of carbonyl (C=O) groups excluding carboxylic acids is 2. The number of anilines is 1. The van der Waals surface area contributed by atoms with Crippen molar-refractivity contribution in [3.63, 3.8) is 0 Å². The molecule has 0 aromatic heterocycles. The van der Waals surface area contributed by atoms with E-state index in [2.05, 4.69) is 10.1 Å². The smallest absolute Gasteiger partial charge is 0.387 e. The van der Waals surface area contributed by atoms with E-state index in [4.69, 9.17) is 0 Å². The maximum absolute atomic E-state index is 12.4. The molecule has 8 heteroatoms. The molecule has 1 saturated heterocycles. The largest absolute Gasteiger partial charge is 0.433 e. The molecule has 0 spiro atoms. The number of halogens is 2. The molecule has 1 aromatic rings. The molecule has 0 unspecified atom stereocenters. The van der Waals surface area contributed by atoms with Gasteiger partial charge in [-0.2, -0.15) is 8.78 Å². The molecule has 1 aliphatic heterocycles. The Kier molecular flexibility index (Phi) is 6.52. The first-order valence-electron chi connectivity index (χ1n) is 8.52. The lowest BCUT2D eigenvalue weighted by molar-refractivity contribution is -0.141. The summed E-state index contributed by atoms with van der Waals surface area (Å²) in [4.78, 5) is 28.2. The number of alkyl halides is 2. The molecule has 144 valence electrons. The lowest BCUT2D eigenvalue weighted by Crippen LogP contribution is -2.52. The van der Waals surface area contributed by atoms with E-state index < -0.39 is 12.0 Å². The molecule has 1 N–H and O–H groups in total. The number of carbonyl (C=O) groups is 2. The van der Waals surface area contributed by atoms with Crippen molar-refractivity contribution in [3.05, 3.63) is 24.3 Å². The zero-order chi connectivity index (χ0) is 19.3. The van der Waals surface area contributed by atoms with Crippen molar-refractivity contribution in [2.45, 2.75) is 27.4 Å². The molecule has 2 amide bonds. The summed E-state index contributed by atoms with van der Waals surface area (Å²) in [6.07, 6.45) is 0. The SMILES string of the molecule is CC(C)(C)C(=O)N1CCN(CC(=O)Nc2ccccc2OC(F)F)CC1. The Labute approximate surface area is 152 Å². The number of ether oxygens (including phenoxy) is 1. The van der Waals surface area contributed by atoms with E-state index in [9.17, 15) is 18.4 Å². The third kappa shape index (κ3) is 5.66. The average Bonchev–Trinajstić information content (AvgIpc) is 2.55. The van der Waals surface area contributed by atoms with Gasteiger partial charge in [0.15, 0.2) is 0 Å². The Morgan fingerprint density at radius 2 is 1.77 bits per heavy atom. The minimum absolute atomic E-state index is 0.0727. The van der Waals surface area contributed by atoms with Gasteiger partial charge in [0.25, 0.3) is 0 Å². The molecule has 0 radical (unpaired) electrons. The fourth-order valence-electron chi connectivity index (χ4n) is 2.74. The number of nitrogens with one attached hydrogen (secondary N) is 1. The number of hydrogen-bond donors (Lipinski definition) is 1. The first-order chi connectivity index (χ1) is 12.2. The number of para-hydroxylation sites is 2. The summed E-state index contributed by atoms with van der Waals surface area (Å²) in [6, 6.07) is 6.07.